The zero-order chi connectivity index (χ0) is 14.9. The van der Waals surface area contributed by atoms with Crippen molar-refractivity contribution < 1.29 is 13.2 Å². The fourth-order valence-electron chi connectivity index (χ4n) is 2.50. The number of piperidine rings is 1. The predicted octanol–water partition coefficient (Wildman–Crippen LogP) is 2.66. The van der Waals surface area contributed by atoms with Gasteiger partial charge in [0.2, 0.25) is 5.95 Å². The van der Waals surface area contributed by atoms with E-state index < -0.39 is 11.9 Å². The summed E-state index contributed by atoms with van der Waals surface area (Å²) in [6.07, 6.45) is -1.48. The van der Waals surface area contributed by atoms with E-state index in [2.05, 4.69) is 4.98 Å². The first-order valence-corrected chi connectivity index (χ1v) is 6.94. The van der Waals surface area contributed by atoms with Crippen molar-refractivity contribution in [1.29, 1.82) is 0 Å². The first kappa shape index (κ1) is 15.2. The quantitative estimate of drug-likeness (QED) is 0.931. The Labute approximate surface area is 116 Å². The minimum Gasteiger partial charge on any atom is -0.342 e. The molecule has 20 heavy (non-hydrogen) atoms. The lowest BCUT2D eigenvalue weighted by Crippen LogP contribution is -2.37. The second kappa shape index (κ2) is 5.63. The summed E-state index contributed by atoms with van der Waals surface area (Å²) in [5.41, 5.74) is 4.82. The maximum Gasteiger partial charge on any atom is 0.434 e. The number of rotatable bonds is 3. The van der Waals surface area contributed by atoms with Gasteiger partial charge in [-0.25, -0.2) is 4.98 Å². The Kier molecular flexibility index (Phi) is 4.27. The standard InChI is InChI=1S/C13H21F3N4/c1-9(2)20-8-11(13(14,15)16)18-12(20)19-5-3-10(7-17)4-6-19/h8-10H,3-7,17H2,1-2H3. The van der Waals surface area contributed by atoms with Gasteiger partial charge in [0.05, 0.1) is 0 Å². The molecule has 0 radical (unpaired) electrons. The fourth-order valence-corrected chi connectivity index (χ4v) is 2.50. The average molecular weight is 290 g/mol. The third kappa shape index (κ3) is 3.08. The molecule has 0 aliphatic carbocycles. The molecular formula is C13H21F3N4. The Bertz CT molecular complexity index is 445. The lowest BCUT2D eigenvalue weighted by Gasteiger charge is -2.33. The Balaban J connectivity index is 2.24. The van der Waals surface area contributed by atoms with Crippen LogP contribution in [0, 0.1) is 5.92 Å². The van der Waals surface area contributed by atoms with Gasteiger partial charge in [-0.2, -0.15) is 13.2 Å². The molecule has 0 spiro atoms. The van der Waals surface area contributed by atoms with Crippen LogP contribution in [0.1, 0.15) is 38.4 Å². The van der Waals surface area contributed by atoms with E-state index in [4.69, 9.17) is 5.73 Å². The molecule has 0 unspecified atom stereocenters. The number of nitrogens with zero attached hydrogens (tertiary/aromatic N) is 3. The topological polar surface area (TPSA) is 47.1 Å². The van der Waals surface area contributed by atoms with Crippen LogP contribution in [0.25, 0.3) is 0 Å². The summed E-state index contributed by atoms with van der Waals surface area (Å²) >= 11 is 0. The van der Waals surface area contributed by atoms with E-state index in [1.165, 1.54) is 0 Å². The van der Waals surface area contributed by atoms with E-state index in [1.807, 2.05) is 18.7 Å². The molecule has 2 N–H and O–H groups in total. The molecule has 0 atom stereocenters. The minimum atomic E-state index is -4.40. The molecule has 0 amide bonds. The molecule has 0 aromatic carbocycles. The maximum atomic E-state index is 12.8. The third-order valence-electron chi connectivity index (χ3n) is 3.79. The molecule has 1 aromatic rings. The van der Waals surface area contributed by atoms with E-state index in [-0.39, 0.29) is 6.04 Å². The fraction of sp³-hybridized carbons (Fsp3) is 0.769. The first-order valence-electron chi connectivity index (χ1n) is 6.94. The van der Waals surface area contributed by atoms with Crippen LogP contribution in [-0.2, 0) is 6.18 Å². The van der Waals surface area contributed by atoms with Crippen LogP contribution in [0.4, 0.5) is 19.1 Å². The molecule has 0 saturated carbocycles. The predicted molar refractivity (Wildman–Crippen MR) is 71.6 cm³/mol. The zero-order valence-corrected chi connectivity index (χ0v) is 11.8. The number of halogens is 3. The van der Waals surface area contributed by atoms with Crippen molar-refractivity contribution >= 4 is 5.95 Å². The van der Waals surface area contributed by atoms with Gasteiger partial charge in [0.1, 0.15) is 0 Å². The summed E-state index contributed by atoms with van der Waals surface area (Å²) in [6, 6.07) is -0.0548. The Morgan fingerprint density at radius 2 is 1.95 bits per heavy atom. The summed E-state index contributed by atoms with van der Waals surface area (Å²) in [5.74, 6) is 0.888. The number of alkyl halides is 3. The largest absolute Gasteiger partial charge is 0.434 e. The smallest absolute Gasteiger partial charge is 0.342 e. The van der Waals surface area contributed by atoms with Crippen molar-refractivity contribution in [2.75, 3.05) is 24.5 Å². The molecule has 4 nitrogen and oxygen atoms in total. The van der Waals surface area contributed by atoms with Crippen molar-refractivity contribution in [3.63, 3.8) is 0 Å². The third-order valence-corrected chi connectivity index (χ3v) is 3.79. The van der Waals surface area contributed by atoms with Gasteiger partial charge in [-0.1, -0.05) is 0 Å². The molecule has 114 valence electrons. The highest BCUT2D eigenvalue weighted by Gasteiger charge is 2.36. The van der Waals surface area contributed by atoms with Gasteiger partial charge in [-0.05, 0) is 39.2 Å². The van der Waals surface area contributed by atoms with Crippen LogP contribution in [0.3, 0.4) is 0 Å². The van der Waals surface area contributed by atoms with Crippen LogP contribution in [-0.4, -0.2) is 29.2 Å². The van der Waals surface area contributed by atoms with Crippen LogP contribution >= 0.6 is 0 Å². The molecule has 1 aliphatic rings. The minimum absolute atomic E-state index is 0.0548. The van der Waals surface area contributed by atoms with Gasteiger partial charge >= 0.3 is 6.18 Å². The van der Waals surface area contributed by atoms with Crippen LogP contribution in [0.5, 0.6) is 0 Å². The van der Waals surface area contributed by atoms with Gasteiger partial charge in [0.25, 0.3) is 0 Å². The number of imidazole rings is 1. The summed E-state index contributed by atoms with van der Waals surface area (Å²) in [7, 11) is 0. The highest BCUT2D eigenvalue weighted by molar-refractivity contribution is 5.35. The van der Waals surface area contributed by atoms with Crippen LogP contribution in [0.2, 0.25) is 0 Å². The molecule has 1 aromatic heterocycles. The van der Waals surface area contributed by atoms with Crippen LogP contribution < -0.4 is 10.6 Å². The lowest BCUT2D eigenvalue weighted by atomic mass is 9.97. The molecule has 2 rings (SSSR count). The summed E-state index contributed by atoms with van der Waals surface area (Å²) in [5, 5.41) is 0. The molecule has 1 fully saturated rings. The van der Waals surface area contributed by atoms with Gasteiger partial charge < -0.3 is 15.2 Å². The normalized spacial score (nSPS) is 18.1. The maximum absolute atomic E-state index is 12.8. The number of hydrogen-bond donors (Lipinski definition) is 1. The average Bonchev–Trinajstić information content (AvgIpc) is 2.84. The zero-order valence-electron chi connectivity index (χ0n) is 11.8. The Morgan fingerprint density at radius 3 is 2.40 bits per heavy atom. The summed E-state index contributed by atoms with van der Waals surface area (Å²) < 4.78 is 40.1. The molecule has 0 bridgehead atoms. The van der Waals surface area contributed by atoms with Gasteiger partial charge in [0.15, 0.2) is 5.69 Å². The Morgan fingerprint density at radius 1 is 1.35 bits per heavy atom. The number of aromatic nitrogens is 2. The number of anilines is 1. The SMILES string of the molecule is CC(C)n1cc(C(F)(F)F)nc1N1CCC(CN)CC1. The summed E-state index contributed by atoms with van der Waals surface area (Å²) in [6.45, 7) is 5.78. The second-order valence-electron chi connectivity index (χ2n) is 5.59. The van der Waals surface area contributed by atoms with E-state index in [9.17, 15) is 13.2 Å². The van der Waals surface area contributed by atoms with Crippen molar-refractivity contribution in [3.05, 3.63) is 11.9 Å². The van der Waals surface area contributed by atoms with Crippen molar-refractivity contribution in [2.45, 2.75) is 38.9 Å². The molecule has 7 heteroatoms. The van der Waals surface area contributed by atoms with E-state index in [0.717, 1.165) is 19.0 Å². The highest BCUT2D eigenvalue weighted by Crippen LogP contribution is 2.33. The van der Waals surface area contributed by atoms with Crippen molar-refractivity contribution in [1.82, 2.24) is 9.55 Å². The molecule has 1 saturated heterocycles. The lowest BCUT2D eigenvalue weighted by molar-refractivity contribution is -0.140. The second-order valence-corrected chi connectivity index (χ2v) is 5.59. The monoisotopic (exact) mass is 290 g/mol. The van der Waals surface area contributed by atoms with Crippen LogP contribution in [0.15, 0.2) is 6.20 Å². The number of hydrogen-bond acceptors (Lipinski definition) is 3. The van der Waals surface area contributed by atoms with Crippen molar-refractivity contribution in [2.24, 2.45) is 11.7 Å². The van der Waals surface area contributed by atoms with E-state index >= 15 is 0 Å². The van der Waals surface area contributed by atoms with E-state index in [1.54, 1.807) is 4.57 Å². The van der Waals surface area contributed by atoms with Crippen molar-refractivity contribution in [3.8, 4) is 0 Å². The van der Waals surface area contributed by atoms with E-state index in [0.29, 0.717) is 31.5 Å². The molecule has 2 heterocycles. The highest BCUT2D eigenvalue weighted by atomic mass is 19.4. The Hall–Kier alpha value is -1.24. The summed E-state index contributed by atoms with van der Waals surface area (Å²) in [4.78, 5) is 5.74. The van der Waals surface area contributed by atoms with Gasteiger partial charge in [-0.3, -0.25) is 0 Å². The molecule has 1 aliphatic heterocycles. The first-order chi connectivity index (χ1) is 9.32. The van der Waals surface area contributed by atoms with Gasteiger partial charge in [0, 0.05) is 25.3 Å². The number of nitrogens with two attached hydrogens (primary N) is 1. The van der Waals surface area contributed by atoms with Gasteiger partial charge in [-0.15, -0.1) is 0 Å². The molecular weight excluding hydrogens is 269 g/mol.